The van der Waals surface area contributed by atoms with E-state index in [0.29, 0.717) is 16.7 Å². The van der Waals surface area contributed by atoms with Crippen molar-refractivity contribution in [2.24, 2.45) is 0 Å². The SMILES string of the molecule is Cc1oc2ccc(Br)cc2c(=O)c1-c1ccccc1F. The van der Waals surface area contributed by atoms with Crippen molar-refractivity contribution in [3.05, 3.63) is 68.7 Å². The van der Waals surface area contributed by atoms with Gasteiger partial charge in [-0.2, -0.15) is 0 Å². The Morgan fingerprint density at radius 3 is 2.65 bits per heavy atom. The molecule has 1 heterocycles. The Hall–Kier alpha value is -1.94. The summed E-state index contributed by atoms with van der Waals surface area (Å²) >= 11 is 3.33. The standard InChI is InChI=1S/C16H10BrFO2/c1-9-15(11-4-2-3-5-13(11)18)16(19)12-8-10(17)6-7-14(12)20-9/h2-8H,1H3. The maximum absolute atomic E-state index is 13.9. The van der Waals surface area contributed by atoms with Crippen LogP contribution >= 0.6 is 15.9 Å². The van der Waals surface area contributed by atoms with E-state index in [1.54, 1.807) is 43.3 Å². The van der Waals surface area contributed by atoms with Crippen LogP contribution in [0.15, 0.2) is 56.1 Å². The molecule has 4 heteroatoms. The van der Waals surface area contributed by atoms with Gasteiger partial charge in [-0.05, 0) is 31.2 Å². The van der Waals surface area contributed by atoms with Crippen LogP contribution in [0.5, 0.6) is 0 Å². The molecule has 100 valence electrons. The lowest BCUT2D eigenvalue weighted by Crippen LogP contribution is -2.08. The second-order valence-corrected chi connectivity index (χ2v) is 5.40. The monoisotopic (exact) mass is 332 g/mol. The van der Waals surface area contributed by atoms with E-state index in [0.717, 1.165) is 4.47 Å². The van der Waals surface area contributed by atoms with Crippen molar-refractivity contribution in [1.29, 1.82) is 0 Å². The highest BCUT2D eigenvalue weighted by atomic mass is 79.9. The van der Waals surface area contributed by atoms with Crippen molar-refractivity contribution in [1.82, 2.24) is 0 Å². The summed E-state index contributed by atoms with van der Waals surface area (Å²) in [6, 6.07) is 11.4. The van der Waals surface area contributed by atoms with Gasteiger partial charge in [-0.1, -0.05) is 34.1 Å². The van der Waals surface area contributed by atoms with Crippen LogP contribution in [0.4, 0.5) is 4.39 Å². The molecule has 0 saturated heterocycles. The highest BCUT2D eigenvalue weighted by molar-refractivity contribution is 9.10. The first kappa shape index (κ1) is 13.1. The Balaban J connectivity index is 2.43. The maximum atomic E-state index is 13.9. The first-order chi connectivity index (χ1) is 9.58. The van der Waals surface area contributed by atoms with Crippen LogP contribution in [0.25, 0.3) is 22.1 Å². The van der Waals surface area contributed by atoms with Crippen LogP contribution in [0.3, 0.4) is 0 Å². The lowest BCUT2D eigenvalue weighted by atomic mass is 10.0. The summed E-state index contributed by atoms with van der Waals surface area (Å²) in [6.07, 6.45) is 0. The van der Waals surface area contributed by atoms with Gasteiger partial charge in [0, 0.05) is 10.0 Å². The van der Waals surface area contributed by atoms with Gasteiger partial charge in [0.1, 0.15) is 17.2 Å². The third-order valence-electron chi connectivity index (χ3n) is 3.17. The largest absolute Gasteiger partial charge is 0.460 e. The van der Waals surface area contributed by atoms with Crippen LogP contribution in [-0.2, 0) is 0 Å². The highest BCUT2D eigenvalue weighted by Crippen LogP contribution is 2.27. The van der Waals surface area contributed by atoms with Crippen molar-refractivity contribution in [2.45, 2.75) is 6.92 Å². The molecule has 0 bridgehead atoms. The molecule has 0 aliphatic carbocycles. The van der Waals surface area contributed by atoms with Gasteiger partial charge in [0.25, 0.3) is 0 Å². The van der Waals surface area contributed by atoms with Crippen molar-refractivity contribution in [3.8, 4) is 11.1 Å². The second kappa shape index (κ2) is 4.87. The average molecular weight is 333 g/mol. The Morgan fingerprint density at radius 1 is 1.15 bits per heavy atom. The number of halogens is 2. The van der Waals surface area contributed by atoms with Crippen LogP contribution in [0.1, 0.15) is 5.76 Å². The Morgan fingerprint density at radius 2 is 1.90 bits per heavy atom. The minimum atomic E-state index is -0.433. The third kappa shape index (κ3) is 2.06. The quantitative estimate of drug-likeness (QED) is 0.648. The van der Waals surface area contributed by atoms with E-state index in [1.165, 1.54) is 6.07 Å². The Kier molecular flexibility index (Phi) is 3.18. The number of rotatable bonds is 1. The Labute approximate surface area is 123 Å². The van der Waals surface area contributed by atoms with E-state index < -0.39 is 5.82 Å². The fourth-order valence-corrected chi connectivity index (χ4v) is 2.62. The van der Waals surface area contributed by atoms with E-state index >= 15 is 0 Å². The van der Waals surface area contributed by atoms with Crippen molar-refractivity contribution < 1.29 is 8.81 Å². The molecule has 0 unspecified atom stereocenters. The van der Waals surface area contributed by atoms with Crippen molar-refractivity contribution in [2.75, 3.05) is 0 Å². The summed E-state index contributed by atoms with van der Waals surface area (Å²) in [7, 11) is 0. The molecule has 3 aromatic rings. The zero-order chi connectivity index (χ0) is 14.3. The molecular formula is C16H10BrFO2. The van der Waals surface area contributed by atoms with E-state index in [9.17, 15) is 9.18 Å². The molecular weight excluding hydrogens is 323 g/mol. The predicted octanol–water partition coefficient (Wildman–Crippen LogP) is 4.67. The summed E-state index contributed by atoms with van der Waals surface area (Å²) < 4.78 is 20.4. The van der Waals surface area contributed by atoms with Crippen LogP contribution in [-0.4, -0.2) is 0 Å². The molecule has 0 radical (unpaired) electrons. The maximum Gasteiger partial charge on any atom is 0.200 e. The van der Waals surface area contributed by atoms with E-state index in [1.807, 2.05) is 0 Å². The first-order valence-corrected chi connectivity index (χ1v) is 6.85. The van der Waals surface area contributed by atoms with E-state index in [-0.39, 0.29) is 16.6 Å². The summed E-state index contributed by atoms with van der Waals surface area (Å²) in [5, 5.41) is 0.434. The number of benzene rings is 2. The van der Waals surface area contributed by atoms with Crippen molar-refractivity contribution >= 4 is 26.9 Å². The summed E-state index contributed by atoms with van der Waals surface area (Å²) in [6.45, 7) is 1.67. The highest BCUT2D eigenvalue weighted by Gasteiger charge is 2.16. The smallest absolute Gasteiger partial charge is 0.200 e. The number of fused-ring (bicyclic) bond motifs is 1. The van der Waals surface area contributed by atoms with Gasteiger partial charge in [-0.25, -0.2) is 4.39 Å². The molecule has 0 atom stereocenters. The normalized spacial score (nSPS) is 10.9. The molecule has 0 saturated carbocycles. The molecule has 0 amide bonds. The fourth-order valence-electron chi connectivity index (χ4n) is 2.26. The number of hydrogen-bond donors (Lipinski definition) is 0. The molecule has 20 heavy (non-hydrogen) atoms. The molecule has 0 aliphatic rings. The summed E-state index contributed by atoms with van der Waals surface area (Å²) in [4.78, 5) is 12.6. The lowest BCUT2D eigenvalue weighted by molar-refractivity contribution is 0.565. The number of aryl methyl sites for hydroxylation is 1. The summed E-state index contributed by atoms with van der Waals surface area (Å²) in [5.74, 6) is -0.0211. The molecule has 1 aromatic heterocycles. The van der Waals surface area contributed by atoms with Gasteiger partial charge in [0.15, 0.2) is 0 Å². The van der Waals surface area contributed by atoms with Gasteiger partial charge >= 0.3 is 0 Å². The van der Waals surface area contributed by atoms with Gasteiger partial charge in [-0.15, -0.1) is 0 Å². The predicted molar refractivity (Wildman–Crippen MR) is 80.3 cm³/mol. The minimum absolute atomic E-state index is 0.227. The number of hydrogen-bond acceptors (Lipinski definition) is 2. The van der Waals surface area contributed by atoms with E-state index in [2.05, 4.69) is 15.9 Å². The average Bonchev–Trinajstić information content (AvgIpc) is 2.42. The van der Waals surface area contributed by atoms with Gasteiger partial charge in [0.05, 0.1) is 10.9 Å². The molecule has 0 N–H and O–H groups in total. The fraction of sp³-hybridized carbons (Fsp3) is 0.0625. The van der Waals surface area contributed by atoms with Crippen molar-refractivity contribution in [3.63, 3.8) is 0 Å². The summed E-state index contributed by atoms with van der Waals surface area (Å²) in [5.41, 5.74) is 0.806. The van der Waals surface area contributed by atoms with Gasteiger partial charge in [0.2, 0.25) is 5.43 Å². The van der Waals surface area contributed by atoms with Gasteiger partial charge < -0.3 is 4.42 Å². The molecule has 0 fully saturated rings. The molecule has 0 spiro atoms. The van der Waals surface area contributed by atoms with Crippen LogP contribution in [0.2, 0.25) is 0 Å². The zero-order valence-corrected chi connectivity index (χ0v) is 12.2. The Bertz CT molecular complexity index is 868. The van der Waals surface area contributed by atoms with E-state index in [4.69, 9.17) is 4.42 Å². The molecule has 2 nitrogen and oxygen atoms in total. The zero-order valence-electron chi connectivity index (χ0n) is 10.6. The first-order valence-electron chi connectivity index (χ1n) is 6.06. The molecule has 0 aliphatic heterocycles. The van der Waals surface area contributed by atoms with Gasteiger partial charge in [-0.3, -0.25) is 4.79 Å². The molecule has 3 rings (SSSR count). The topological polar surface area (TPSA) is 30.2 Å². The van der Waals surface area contributed by atoms with Crippen LogP contribution in [0, 0.1) is 12.7 Å². The minimum Gasteiger partial charge on any atom is -0.460 e. The lowest BCUT2D eigenvalue weighted by Gasteiger charge is -2.08. The third-order valence-corrected chi connectivity index (χ3v) is 3.66. The molecule has 2 aromatic carbocycles. The second-order valence-electron chi connectivity index (χ2n) is 4.48. The van der Waals surface area contributed by atoms with Crippen LogP contribution < -0.4 is 5.43 Å².